The molecule has 106 valence electrons. The van der Waals surface area contributed by atoms with Gasteiger partial charge in [-0.1, -0.05) is 35.8 Å². The van der Waals surface area contributed by atoms with Gasteiger partial charge in [0.15, 0.2) is 0 Å². The summed E-state index contributed by atoms with van der Waals surface area (Å²) in [6.07, 6.45) is 1.72. The van der Waals surface area contributed by atoms with Crippen LogP contribution in [0.2, 0.25) is 0 Å². The van der Waals surface area contributed by atoms with Crippen molar-refractivity contribution in [2.24, 2.45) is 5.41 Å². The van der Waals surface area contributed by atoms with Crippen LogP contribution in [0.3, 0.4) is 0 Å². The van der Waals surface area contributed by atoms with Gasteiger partial charge in [-0.15, -0.1) is 0 Å². The highest BCUT2D eigenvalue weighted by Crippen LogP contribution is 2.20. The van der Waals surface area contributed by atoms with Gasteiger partial charge in [-0.05, 0) is 36.5 Å². The minimum absolute atomic E-state index is 0.0809. The van der Waals surface area contributed by atoms with Crippen LogP contribution in [0.5, 0.6) is 0 Å². The Bertz CT molecular complexity index is 422. The second kappa shape index (κ2) is 7.50. The first kappa shape index (κ1) is 16.0. The van der Waals surface area contributed by atoms with Crippen molar-refractivity contribution in [3.05, 3.63) is 28.7 Å². The number of aliphatic hydroxyl groups excluding tert-OH is 1. The normalized spacial score (nSPS) is 11.2. The maximum absolute atomic E-state index is 11.6. The first-order valence-electron chi connectivity index (χ1n) is 6.34. The molecule has 0 unspecified atom stereocenters. The average Bonchev–Trinajstić information content (AvgIpc) is 2.35. The molecule has 4 nitrogen and oxygen atoms in total. The van der Waals surface area contributed by atoms with E-state index in [1.807, 2.05) is 38.1 Å². The van der Waals surface area contributed by atoms with Crippen molar-refractivity contribution in [3.63, 3.8) is 0 Å². The third-order valence-electron chi connectivity index (χ3n) is 2.83. The van der Waals surface area contributed by atoms with Gasteiger partial charge in [-0.25, -0.2) is 4.79 Å². The lowest BCUT2D eigenvalue weighted by molar-refractivity contribution is 0.148. The summed E-state index contributed by atoms with van der Waals surface area (Å²) >= 11 is 3.35. The van der Waals surface area contributed by atoms with Crippen LogP contribution in [0.1, 0.15) is 26.7 Å². The van der Waals surface area contributed by atoms with Gasteiger partial charge < -0.3 is 15.7 Å². The molecule has 0 aliphatic carbocycles. The van der Waals surface area contributed by atoms with Crippen molar-refractivity contribution >= 4 is 27.6 Å². The number of hydrogen-bond donors (Lipinski definition) is 3. The van der Waals surface area contributed by atoms with Crippen molar-refractivity contribution in [2.45, 2.75) is 26.7 Å². The van der Waals surface area contributed by atoms with Crippen molar-refractivity contribution in [1.29, 1.82) is 0 Å². The van der Waals surface area contributed by atoms with E-state index in [1.54, 1.807) is 0 Å². The molecule has 1 aromatic carbocycles. The second-order valence-electron chi connectivity index (χ2n) is 5.32. The van der Waals surface area contributed by atoms with E-state index in [0.717, 1.165) is 23.0 Å². The Morgan fingerprint density at radius 2 is 2.16 bits per heavy atom. The van der Waals surface area contributed by atoms with Gasteiger partial charge in [-0.2, -0.15) is 0 Å². The molecule has 1 aromatic rings. The number of benzene rings is 1. The molecule has 0 aromatic heterocycles. The smallest absolute Gasteiger partial charge is 0.319 e. The summed E-state index contributed by atoms with van der Waals surface area (Å²) in [6, 6.07) is 7.23. The number of nitrogens with one attached hydrogen (secondary N) is 2. The highest BCUT2D eigenvalue weighted by Gasteiger charge is 2.15. The molecular weight excluding hydrogens is 308 g/mol. The molecule has 19 heavy (non-hydrogen) atoms. The first-order chi connectivity index (χ1) is 8.93. The SMILES string of the molecule is CC(C)(CO)CCCNC(=O)Nc1cccc(Br)c1. The number of carbonyl (C=O) groups excluding carboxylic acids is 1. The summed E-state index contributed by atoms with van der Waals surface area (Å²) < 4.78 is 0.926. The number of rotatable bonds is 6. The van der Waals surface area contributed by atoms with Crippen LogP contribution in [0.4, 0.5) is 10.5 Å². The zero-order valence-electron chi connectivity index (χ0n) is 11.4. The minimum atomic E-state index is -0.208. The molecule has 0 bridgehead atoms. The Labute approximate surface area is 122 Å². The van der Waals surface area contributed by atoms with Crippen LogP contribution < -0.4 is 10.6 Å². The molecule has 1 rings (SSSR count). The fraction of sp³-hybridized carbons (Fsp3) is 0.500. The fourth-order valence-corrected chi connectivity index (χ4v) is 1.99. The molecule has 5 heteroatoms. The lowest BCUT2D eigenvalue weighted by atomic mass is 9.89. The van der Waals surface area contributed by atoms with Crippen LogP contribution in [0.15, 0.2) is 28.7 Å². The third kappa shape index (κ3) is 6.59. The van der Waals surface area contributed by atoms with Gasteiger partial charge in [0, 0.05) is 23.3 Å². The largest absolute Gasteiger partial charge is 0.396 e. The van der Waals surface area contributed by atoms with Crippen LogP contribution in [0.25, 0.3) is 0 Å². The van der Waals surface area contributed by atoms with E-state index in [-0.39, 0.29) is 18.1 Å². The van der Waals surface area contributed by atoms with E-state index in [0.29, 0.717) is 6.54 Å². The van der Waals surface area contributed by atoms with E-state index >= 15 is 0 Å². The lowest BCUT2D eigenvalue weighted by Gasteiger charge is -2.21. The molecule has 0 radical (unpaired) electrons. The molecular formula is C14H21BrN2O2. The molecule has 3 N–H and O–H groups in total. The average molecular weight is 329 g/mol. The zero-order valence-corrected chi connectivity index (χ0v) is 13.0. The molecule has 0 fully saturated rings. The van der Waals surface area contributed by atoms with Gasteiger partial charge >= 0.3 is 6.03 Å². The Morgan fingerprint density at radius 3 is 2.79 bits per heavy atom. The fourth-order valence-electron chi connectivity index (χ4n) is 1.59. The van der Waals surface area contributed by atoms with Gasteiger partial charge in [0.25, 0.3) is 0 Å². The Kier molecular flexibility index (Phi) is 6.31. The number of anilines is 1. The third-order valence-corrected chi connectivity index (χ3v) is 3.32. The summed E-state index contributed by atoms with van der Waals surface area (Å²) in [4.78, 5) is 11.6. The number of hydrogen-bond acceptors (Lipinski definition) is 2. The standard InChI is InChI=1S/C14H21BrN2O2/c1-14(2,10-18)7-4-8-16-13(19)17-12-6-3-5-11(15)9-12/h3,5-6,9,18H,4,7-8,10H2,1-2H3,(H2,16,17,19). The number of aliphatic hydroxyl groups is 1. The number of urea groups is 1. The molecule has 0 spiro atoms. The molecule has 0 saturated heterocycles. The summed E-state index contributed by atoms with van der Waals surface area (Å²) in [7, 11) is 0. The zero-order chi connectivity index (χ0) is 14.3. The second-order valence-corrected chi connectivity index (χ2v) is 6.23. The predicted octanol–water partition coefficient (Wildman–Crippen LogP) is 3.37. The molecule has 2 amide bonds. The van der Waals surface area contributed by atoms with Crippen LogP contribution in [-0.2, 0) is 0 Å². The van der Waals surface area contributed by atoms with E-state index < -0.39 is 0 Å². The van der Waals surface area contributed by atoms with Gasteiger partial charge in [-0.3, -0.25) is 0 Å². The van der Waals surface area contributed by atoms with Crippen molar-refractivity contribution in [3.8, 4) is 0 Å². The van der Waals surface area contributed by atoms with E-state index in [9.17, 15) is 4.79 Å². The van der Waals surface area contributed by atoms with E-state index in [2.05, 4.69) is 26.6 Å². The predicted molar refractivity (Wildman–Crippen MR) is 81.3 cm³/mol. The van der Waals surface area contributed by atoms with Crippen molar-refractivity contribution in [1.82, 2.24) is 5.32 Å². The van der Waals surface area contributed by atoms with Crippen LogP contribution in [0, 0.1) is 5.41 Å². The quantitative estimate of drug-likeness (QED) is 0.701. The maximum atomic E-state index is 11.6. The van der Waals surface area contributed by atoms with Crippen molar-refractivity contribution < 1.29 is 9.90 Å². The lowest BCUT2D eigenvalue weighted by Crippen LogP contribution is -2.30. The van der Waals surface area contributed by atoms with Gasteiger partial charge in [0.2, 0.25) is 0 Å². The highest BCUT2D eigenvalue weighted by atomic mass is 79.9. The van der Waals surface area contributed by atoms with Gasteiger partial charge in [0.05, 0.1) is 0 Å². The number of halogens is 1. The summed E-state index contributed by atoms with van der Waals surface area (Å²) in [5.74, 6) is 0. The molecule has 0 saturated carbocycles. The Balaban J connectivity index is 2.25. The highest BCUT2D eigenvalue weighted by molar-refractivity contribution is 9.10. The van der Waals surface area contributed by atoms with Gasteiger partial charge in [0.1, 0.15) is 0 Å². The van der Waals surface area contributed by atoms with E-state index in [1.165, 1.54) is 0 Å². The molecule has 0 atom stereocenters. The number of amides is 2. The molecule has 0 aliphatic rings. The Hall–Kier alpha value is -1.07. The summed E-state index contributed by atoms with van der Waals surface area (Å²) in [5.41, 5.74) is 0.671. The van der Waals surface area contributed by atoms with Crippen LogP contribution >= 0.6 is 15.9 Å². The molecule has 0 heterocycles. The summed E-state index contributed by atoms with van der Waals surface area (Å²) in [5, 5.41) is 14.7. The molecule has 0 aliphatic heterocycles. The topological polar surface area (TPSA) is 61.4 Å². The first-order valence-corrected chi connectivity index (χ1v) is 7.13. The van der Waals surface area contributed by atoms with E-state index in [4.69, 9.17) is 5.11 Å². The maximum Gasteiger partial charge on any atom is 0.319 e. The van der Waals surface area contributed by atoms with Crippen molar-refractivity contribution in [2.75, 3.05) is 18.5 Å². The summed E-state index contributed by atoms with van der Waals surface area (Å²) in [6.45, 7) is 4.78. The number of carbonyl (C=O) groups is 1. The van der Waals surface area contributed by atoms with Crippen LogP contribution in [-0.4, -0.2) is 24.3 Å². The minimum Gasteiger partial charge on any atom is -0.396 e. The monoisotopic (exact) mass is 328 g/mol. The Morgan fingerprint density at radius 1 is 1.42 bits per heavy atom.